The normalized spacial score (nSPS) is 11.4. The van der Waals surface area contributed by atoms with E-state index in [0.717, 1.165) is 28.2 Å². The van der Waals surface area contributed by atoms with Crippen LogP contribution in [0.1, 0.15) is 43.4 Å². The SMILES string of the molecule is COc1cccc(/C(C)=N\NC(=O)COc2cc(C)ccc2C(C)C)c1. The van der Waals surface area contributed by atoms with Gasteiger partial charge >= 0.3 is 0 Å². The second-order valence-corrected chi connectivity index (χ2v) is 6.45. The van der Waals surface area contributed by atoms with Crippen LogP contribution in [-0.2, 0) is 4.79 Å². The van der Waals surface area contributed by atoms with Crippen molar-refractivity contribution in [1.82, 2.24) is 5.43 Å². The van der Waals surface area contributed by atoms with Crippen molar-refractivity contribution in [3.05, 3.63) is 59.2 Å². The molecule has 0 aliphatic carbocycles. The number of hydrogen-bond donors (Lipinski definition) is 1. The minimum atomic E-state index is -0.302. The van der Waals surface area contributed by atoms with E-state index in [0.29, 0.717) is 11.6 Å². The zero-order valence-electron chi connectivity index (χ0n) is 16.0. The van der Waals surface area contributed by atoms with Crippen molar-refractivity contribution in [2.75, 3.05) is 13.7 Å². The number of carbonyl (C=O) groups excluding carboxylic acids is 1. The molecule has 1 amide bonds. The van der Waals surface area contributed by atoms with Crippen molar-refractivity contribution < 1.29 is 14.3 Å². The minimum absolute atomic E-state index is 0.0853. The van der Waals surface area contributed by atoms with E-state index in [1.807, 2.05) is 56.3 Å². The van der Waals surface area contributed by atoms with E-state index in [9.17, 15) is 4.79 Å². The first kappa shape index (κ1) is 19.5. The van der Waals surface area contributed by atoms with E-state index in [-0.39, 0.29) is 12.5 Å². The lowest BCUT2D eigenvalue weighted by Crippen LogP contribution is -2.26. The van der Waals surface area contributed by atoms with Crippen LogP contribution in [0.2, 0.25) is 0 Å². The average Bonchev–Trinajstić information content (AvgIpc) is 2.64. The van der Waals surface area contributed by atoms with Gasteiger partial charge in [-0.25, -0.2) is 5.43 Å². The summed E-state index contributed by atoms with van der Waals surface area (Å²) in [7, 11) is 1.61. The van der Waals surface area contributed by atoms with Crippen LogP contribution in [-0.4, -0.2) is 25.3 Å². The van der Waals surface area contributed by atoms with E-state index in [1.165, 1.54) is 0 Å². The highest BCUT2D eigenvalue weighted by molar-refractivity contribution is 5.99. The van der Waals surface area contributed by atoms with Gasteiger partial charge in [0.25, 0.3) is 5.91 Å². The molecular weight excluding hydrogens is 328 g/mol. The Morgan fingerprint density at radius 3 is 2.65 bits per heavy atom. The molecule has 5 nitrogen and oxygen atoms in total. The van der Waals surface area contributed by atoms with Gasteiger partial charge in [0.1, 0.15) is 11.5 Å². The Hall–Kier alpha value is -2.82. The lowest BCUT2D eigenvalue weighted by Gasteiger charge is -2.14. The molecule has 0 saturated heterocycles. The number of amides is 1. The second-order valence-electron chi connectivity index (χ2n) is 6.45. The summed E-state index contributed by atoms with van der Waals surface area (Å²) in [5.74, 6) is 1.50. The summed E-state index contributed by atoms with van der Waals surface area (Å²) in [4.78, 5) is 12.1. The molecule has 0 aliphatic rings. The number of benzene rings is 2. The van der Waals surface area contributed by atoms with Crippen molar-refractivity contribution in [3.63, 3.8) is 0 Å². The molecule has 0 bridgehead atoms. The van der Waals surface area contributed by atoms with Crippen LogP contribution < -0.4 is 14.9 Å². The van der Waals surface area contributed by atoms with Gasteiger partial charge in [0, 0.05) is 5.56 Å². The summed E-state index contributed by atoms with van der Waals surface area (Å²) >= 11 is 0. The fourth-order valence-electron chi connectivity index (χ4n) is 2.48. The summed E-state index contributed by atoms with van der Waals surface area (Å²) < 4.78 is 10.9. The topological polar surface area (TPSA) is 59.9 Å². The maximum absolute atomic E-state index is 12.1. The van der Waals surface area contributed by atoms with Crippen molar-refractivity contribution in [1.29, 1.82) is 0 Å². The Kier molecular flexibility index (Phi) is 6.78. The molecule has 2 rings (SSSR count). The Morgan fingerprint density at radius 2 is 1.96 bits per heavy atom. The van der Waals surface area contributed by atoms with E-state index in [2.05, 4.69) is 24.4 Å². The molecule has 0 radical (unpaired) electrons. The predicted molar refractivity (Wildman–Crippen MR) is 104 cm³/mol. The molecule has 138 valence electrons. The third kappa shape index (κ3) is 5.34. The summed E-state index contributed by atoms with van der Waals surface area (Å²) in [6.45, 7) is 7.93. The highest BCUT2D eigenvalue weighted by atomic mass is 16.5. The van der Waals surface area contributed by atoms with Gasteiger partial charge in [0.2, 0.25) is 0 Å². The standard InChI is InChI=1S/C21H26N2O3/c1-14(2)19-10-9-15(3)11-20(19)26-13-21(24)23-22-16(4)17-7-6-8-18(12-17)25-5/h6-12,14H,13H2,1-5H3,(H,23,24)/b22-16-. The average molecular weight is 354 g/mol. The van der Waals surface area contributed by atoms with Crippen LogP contribution in [0.3, 0.4) is 0 Å². The number of nitrogens with zero attached hydrogens (tertiary/aromatic N) is 1. The lowest BCUT2D eigenvalue weighted by molar-refractivity contribution is -0.123. The number of rotatable bonds is 7. The zero-order valence-corrected chi connectivity index (χ0v) is 16.0. The van der Waals surface area contributed by atoms with Gasteiger partial charge < -0.3 is 9.47 Å². The van der Waals surface area contributed by atoms with Gasteiger partial charge in [-0.05, 0) is 49.1 Å². The van der Waals surface area contributed by atoms with Crippen molar-refractivity contribution >= 4 is 11.6 Å². The molecule has 0 saturated carbocycles. The zero-order chi connectivity index (χ0) is 19.1. The minimum Gasteiger partial charge on any atom is -0.497 e. The Balaban J connectivity index is 1.98. The van der Waals surface area contributed by atoms with Crippen LogP contribution >= 0.6 is 0 Å². The van der Waals surface area contributed by atoms with Crippen molar-refractivity contribution in [2.45, 2.75) is 33.6 Å². The molecular formula is C21H26N2O3. The molecule has 0 atom stereocenters. The first-order chi connectivity index (χ1) is 12.4. The summed E-state index contributed by atoms with van der Waals surface area (Å²) in [5.41, 5.74) is 6.28. The van der Waals surface area contributed by atoms with Gasteiger partial charge in [0.05, 0.1) is 12.8 Å². The Morgan fingerprint density at radius 1 is 1.19 bits per heavy atom. The number of hydrazone groups is 1. The van der Waals surface area contributed by atoms with E-state index < -0.39 is 0 Å². The fourth-order valence-corrected chi connectivity index (χ4v) is 2.48. The Bertz CT molecular complexity index is 798. The molecule has 0 fully saturated rings. The maximum atomic E-state index is 12.1. The van der Waals surface area contributed by atoms with Crippen LogP contribution in [0.15, 0.2) is 47.6 Å². The molecule has 0 aromatic heterocycles. The summed E-state index contributed by atoms with van der Waals surface area (Å²) in [6, 6.07) is 13.5. The molecule has 2 aromatic carbocycles. The predicted octanol–water partition coefficient (Wildman–Crippen LogP) is 4.05. The van der Waals surface area contributed by atoms with Gasteiger partial charge in [-0.1, -0.05) is 38.1 Å². The van der Waals surface area contributed by atoms with Gasteiger partial charge in [-0.3, -0.25) is 4.79 Å². The molecule has 5 heteroatoms. The third-order valence-electron chi connectivity index (χ3n) is 3.99. The lowest BCUT2D eigenvalue weighted by atomic mass is 10.0. The number of ether oxygens (including phenoxy) is 2. The van der Waals surface area contributed by atoms with Crippen LogP contribution in [0.5, 0.6) is 11.5 Å². The number of methoxy groups -OCH3 is 1. The highest BCUT2D eigenvalue weighted by Gasteiger charge is 2.10. The van der Waals surface area contributed by atoms with Crippen LogP contribution in [0.4, 0.5) is 0 Å². The molecule has 26 heavy (non-hydrogen) atoms. The first-order valence-electron chi connectivity index (χ1n) is 8.61. The van der Waals surface area contributed by atoms with E-state index >= 15 is 0 Å². The number of carbonyl (C=O) groups is 1. The molecule has 0 heterocycles. The molecule has 0 aliphatic heterocycles. The van der Waals surface area contributed by atoms with Gasteiger partial charge in [-0.2, -0.15) is 5.10 Å². The van der Waals surface area contributed by atoms with Crippen molar-refractivity contribution in [2.24, 2.45) is 5.10 Å². The monoisotopic (exact) mass is 354 g/mol. The first-order valence-corrected chi connectivity index (χ1v) is 8.61. The van der Waals surface area contributed by atoms with Crippen LogP contribution in [0.25, 0.3) is 0 Å². The van der Waals surface area contributed by atoms with Crippen molar-refractivity contribution in [3.8, 4) is 11.5 Å². The van der Waals surface area contributed by atoms with Gasteiger partial charge in [0.15, 0.2) is 6.61 Å². The second kappa shape index (κ2) is 9.04. The smallest absolute Gasteiger partial charge is 0.277 e. The molecule has 2 aromatic rings. The Labute approximate surface area is 155 Å². The van der Waals surface area contributed by atoms with Gasteiger partial charge in [-0.15, -0.1) is 0 Å². The molecule has 0 spiro atoms. The number of aryl methyl sites for hydroxylation is 1. The third-order valence-corrected chi connectivity index (χ3v) is 3.99. The summed E-state index contributed by atoms with van der Waals surface area (Å²) in [6.07, 6.45) is 0. The number of hydrogen-bond acceptors (Lipinski definition) is 4. The van der Waals surface area contributed by atoms with E-state index in [1.54, 1.807) is 7.11 Å². The maximum Gasteiger partial charge on any atom is 0.277 e. The van der Waals surface area contributed by atoms with Crippen LogP contribution in [0, 0.1) is 6.92 Å². The quantitative estimate of drug-likeness (QED) is 0.603. The molecule has 0 unspecified atom stereocenters. The van der Waals surface area contributed by atoms with E-state index in [4.69, 9.17) is 9.47 Å². The molecule has 1 N–H and O–H groups in total. The largest absolute Gasteiger partial charge is 0.497 e. The number of nitrogens with one attached hydrogen (secondary N) is 1. The fraction of sp³-hybridized carbons (Fsp3) is 0.333. The highest BCUT2D eigenvalue weighted by Crippen LogP contribution is 2.27. The summed E-state index contributed by atoms with van der Waals surface area (Å²) in [5, 5.41) is 4.14.